The summed E-state index contributed by atoms with van der Waals surface area (Å²) in [6.07, 6.45) is 7.52. The van der Waals surface area contributed by atoms with E-state index in [4.69, 9.17) is 4.74 Å². The van der Waals surface area contributed by atoms with Crippen LogP contribution in [0.1, 0.15) is 31.2 Å². The number of carbonyl (C=O) groups is 1. The van der Waals surface area contributed by atoms with Crippen molar-refractivity contribution in [3.05, 3.63) is 53.8 Å². The average Bonchev–Trinajstić information content (AvgIpc) is 3.28. The van der Waals surface area contributed by atoms with Gasteiger partial charge in [0.05, 0.1) is 34.4 Å². The second-order valence-electron chi connectivity index (χ2n) is 7.87. The summed E-state index contributed by atoms with van der Waals surface area (Å²) in [6.45, 7) is 0.512. The molecule has 5 rings (SSSR count). The van der Waals surface area contributed by atoms with Crippen LogP contribution in [0.2, 0.25) is 0 Å². The molecule has 1 aromatic carbocycles. The summed E-state index contributed by atoms with van der Waals surface area (Å²) in [4.78, 5) is 25.4. The van der Waals surface area contributed by atoms with Gasteiger partial charge < -0.3 is 15.0 Å². The lowest BCUT2D eigenvalue weighted by molar-refractivity contribution is -0.124. The van der Waals surface area contributed by atoms with Gasteiger partial charge in [0.1, 0.15) is 5.82 Å². The van der Waals surface area contributed by atoms with Gasteiger partial charge in [-0.1, -0.05) is 12.1 Å². The number of aromatic nitrogens is 2. The van der Waals surface area contributed by atoms with E-state index >= 15 is 0 Å². The van der Waals surface area contributed by atoms with E-state index in [1.807, 2.05) is 34.8 Å². The fourth-order valence-electron chi connectivity index (χ4n) is 4.40. The summed E-state index contributed by atoms with van der Waals surface area (Å²) >= 11 is 1.60. The summed E-state index contributed by atoms with van der Waals surface area (Å²) in [6, 6.07) is 10.2. The molecular weight excluding hydrogens is 396 g/mol. The molecule has 1 amide bonds. The highest BCUT2D eigenvalue weighted by atomic mass is 32.1. The number of rotatable bonds is 3. The van der Waals surface area contributed by atoms with Crippen molar-refractivity contribution in [3.63, 3.8) is 0 Å². The highest BCUT2D eigenvalue weighted by Gasteiger charge is 2.33. The summed E-state index contributed by atoms with van der Waals surface area (Å²) in [5.74, 6) is 1.02. The van der Waals surface area contributed by atoms with E-state index in [1.54, 1.807) is 24.6 Å². The number of fused-ring (bicyclic) bond motifs is 2. The second-order valence-corrected chi connectivity index (χ2v) is 8.75. The standard InChI is InChI=1S/C23H24N4O2S/c1-29-18-7-4-15(5-8-18)23(28)27-13-17-3-2-10-25-22(17)26-19-9-6-16(11-20(19)27)21-12-24-14-30-21/h2-3,6,9-12,14-15,18H,4-5,7-8,13H2,1H3,(H,25,26)/t15-,18-. The first-order valence-electron chi connectivity index (χ1n) is 10.3. The normalized spacial score (nSPS) is 20.6. The predicted octanol–water partition coefficient (Wildman–Crippen LogP) is 5.00. The molecule has 154 valence electrons. The Bertz CT molecular complexity index is 1050. The number of pyridine rings is 1. The maximum Gasteiger partial charge on any atom is 0.230 e. The maximum atomic E-state index is 13.7. The Morgan fingerprint density at radius 3 is 2.87 bits per heavy atom. The smallest absolute Gasteiger partial charge is 0.230 e. The number of methoxy groups -OCH3 is 1. The molecule has 0 radical (unpaired) electrons. The van der Waals surface area contributed by atoms with Gasteiger partial charge in [-0.2, -0.15) is 0 Å². The summed E-state index contributed by atoms with van der Waals surface area (Å²) in [7, 11) is 1.76. The molecule has 2 aliphatic rings. The van der Waals surface area contributed by atoms with Crippen LogP contribution in [0.25, 0.3) is 10.4 Å². The summed E-state index contributed by atoms with van der Waals surface area (Å²) in [5, 5.41) is 3.44. The summed E-state index contributed by atoms with van der Waals surface area (Å²) < 4.78 is 5.50. The minimum absolute atomic E-state index is 0.0227. The van der Waals surface area contributed by atoms with Crippen LogP contribution in [0.4, 0.5) is 17.2 Å². The molecule has 0 bridgehead atoms. The first-order chi connectivity index (χ1) is 14.7. The van der Waals surface area contributed by atoms with Crippen LogP contribution >= 0.6 is 11.3 Å². The van der Waals surface area contributed by atoms with Crippen molar-refractivity contribution in [3.8, 4) is 10.4 Å². The molecule has 1 saturated carbocycles. The monoisotopic (exact) mass is 420 g/mol. The fourth-order valence-corrected chi connectivity index (χ4v) is 5.02. The molecular formula is C23H24N4O2S. The van der Waals surface area contributed by atoms with Crippen LogP contribution in [-0.4, -0.2) is 29.1 Å². The largest absolute Gasteiger partial charge is 0.381 e. The lowest BCUT2D eigenvalue weighted by Gasteiger charge is -2.32. The highest BCUT2D eigenvalue weighted by Crippen LogP contribution is 2.40. The lowest BCUT2D eigenvalue weighted by atomic mass is 9.86. The van der Waals surface area contributed by atoms with Crippen LogP contribution in [0, 0.1) is 5.92 Å². The van der Waals surface area contributed by atoms with Crippen molar-refractivity contribution in [1.82, 2.24) is 9.97 Å². The van der Waals surface area contributed by atoms with Crippen molar-refractivity contribution >= 4 is 34.4 Å². The van der Waals surface area contributed by atoms with Crippen LogP contribution in [0.15, 0.2) is 48.2 Å². The van der Waals surface area contributed by atoms with Crippen molar-refractivity contribution in [2.45, 2.75) is 38.3 Å². The van der Waals surface area contributed by atoms with Gasteiger partial charge in [0.2, 0.25) is 5.91 Å². The quantitative estimate of drug-likeness (QED) is 0.646. The van der Waals surface area contributed by atoms with Gasteiger partial charge in [-0.15, -0.1) is 11.3 Å². The minimum atomic E-state index is 0.0227. The van der Waals surface area contributed by atoms with Gasteiger partial charge in [-0.3, -0.25) is 9.78 Å². The number of thiazole rings is 1. The molecule has 7 heteroatoms. The van der Waals surface area contributed by atoms with Gasteiger partial charge >= 0.3 is 0 Å². The van der Waals surface area contributed by atoms with E-state index in [-0.39, 0.29) is 17.9 Å². The molecule has 3 aromatic rings. The zero-order chi connectivity index (χ0) is 20.5. The molecule has 1 aliphatic carbocycles. The van der Waals surface area contributed by atoms with E-state index in [2.05, 4.69) is 27.4 Å². The molecule has 1 fully saturated rings. The van der Waals surface area contributed by atoms with Gasteiger partial charge in [-0.25, -0.2) is 4.98 Å². The number of nitrogens with one attached hydrogen (secondary N) is 1. The number of anilines is 3. The Kier molecular flexibility index (Phi) is 5.23. The van der Waals surface area contributed by atoms with E-state index in [0.29, 0.717) is 6.54 Å². The molecule has 30 heavy (non-hydrogen) atoms. The van der Waals surface area contributed by atoms with E-state index in [0.717, 1.165) is 58.9 Å². The van der Waals surface area contributed by atoms with Gasteiger partial charge in [0.15, 0.2) is 0 Å². The number of carbonyl (C=O) groups excluding carboxylic acids is 1. The van der Waals surface area contributed by atoms with Gasteiger partial charge in [-0.05, 0) is 49.4 Å². The molecule has 0 saturated heterocycles. The third-order valence-corrected chi connectivity index (χ3v) is 6.92. The van der Waals surface area contributed by atoms with Crippen LogP contribution in [0.5, 0.6) is 0 Å². The second kappa shape index (κ2) is 8.16. The zero-order valence-electron chi connectivity index (χ0n) is 16.9. The fraction of sp³-hybridized carbons (Fsp3) is 0.348. The molecule has 3 heterocycles. The zero-order valence-corrected chi connectivity index (χ0v) is 17.7. The number of benzene rings is 1. The van der Waals surface area contributed by atoms with E-state index in [9.17, 15) is 4.79 Å². The Morgan fingerprint density at radius 1 is 1.23 bits per heavy atom. The third-order valence-electron chi connectivity index (χ3n) is 6.10. The first kappa shape index (κ1) is 19.2. The Hall–Kier alpha value is -2.77. The third kappa shape index (κ3) is 3.59. The minimum Gasteiger partial charge on any atom is -0.381 e. The Morgan fingerprint density at radius 2 is 2.10 bits per heavy atom. The number of amides is 1. The number of nitrogens with zero attached hydrogens (tertiary/aromatic N) is 3. The SMILES string of the molecule is CO[C@H]1CC[C@H](C(=O)N2Cc3cccnc3Nc3ccc(-c4cncs4)cc32)CC1. The molecule has 1 N–H and O–H groups in total. The van der Waals surface area contributed by atoms with Crippen molar-refractivity contribution in [1.29, 1.82) is 0 Å². The van der Waals surface area contributed by atoms with Crippen LogP contribution < -0.4 is 10.2 Å². The van der Waals surface area contributed by atoms with Crippen LogP contribution in [0.3, 0.4) is 0 Å². The number of hydrogen-bond donors (Lipinski definition) is 1. The number of ether oxygens (including phenoxy) is 1. The van der Waals surface area contributed by atoms with Crippen molar-refractivity contribution in [2.75, 3.05) is 17.3 Å². The van der Waals surface area contributed by atoms with E-state index in [1.165, 1.54) is 0 Å². The van der Waals surface area contributed by atoms with Gasteiger partial charge in [0.25, 0.3) is 0 Å². The number of hydrogen-bond acceptors (Lipinski definition) is 6. The van der Waals surface area contributed by atoms with Gasteiger partial charge in [0, 0.05) is 31.0 Å². The highest BCUT2D eigenvalue weighted by molar-refractivity contribution is 7.13. The molecule has 1 aliphatic heterocycles. The molecule has 6 nitrogen and oxygen atoms in total. The van der Waals surface area contributed by atoms with E-state index < -0.39 is 0 Å². The summed E-state index contributed by atoms with van der Waals surface area (Å²) in [5.41, 5.74) is 5.72. The Balaban J connectivity index is 1.53. The lowest BCUT2D eigenvalue weighted by Crippen LogP contribution is -2.38. The van der Waals surface area contributed by atoms with Crippen molar-refractivity contribution in [2.24, 2.45) is 5.92 Å². The Labute approximate surface area is 179 Å². The van der Waals surface area contributed by atoms with Crippen molar-refractivity contribution < 1.29 is 9.53 Å². The average molecular weight is 421 g/mol. The maximum absolute atomic E-state index is 13.7. The topological polar surface area (TPSA) is 67.3 Å². The first-order valence-corrected chi connectivity index (χ1v) is 11.2. The molecule has 2 aromatic heterocycles. The molecule has 0 spiro atoms. The predicted molar refractivity (Wildman–Crippen MR) is 119 cm³/mol. The van der Waals surface area contributed by atoms with Crippen LogP contribution in [-0.2, 0) is 16.1 Å². The molecule has 0 unspecified atom stereocenters. The molecule has 0 atom stereocenters.